The summed E-state index contributed by atoms with van der Waals surface area (Å²) < 4.78 is 19.8. The molecule has 1 aliphatic heterocycles. The normalized spacial score (nSPS) is 17.2. The minimum absolute atomic E-state index is 0.0113. The van der Waals surface area contributed by atoms with Crippen LogP contribution < -0.4 is 4.74 Å². The molecule has 4 heteroatoms. The molecule has 1 heterocycles. The second-order valence-electron chi connectivity index (χ2n) is 5.95. The average molecular weight is 307 g/mol. The van der Waals surface area contributed by atoms with E-state index in [1.807, 2.05) is 26.0 Å². The van der Waals surface area contributed by atoms with Gasteiger partial charge in [-0.3, -0.25) is 0 Å². The predicted molar refractivity (Wildman–Crippen MR) is 80.3 cm³/mol. The number of ether oxygens (including phenoxy) is 1. The van der Waals surface area contributed by atoms with E-state index < -0.39 is 11.9 Å². The van der Waals surface area contributed by atoms with Crippen LogP contribution in [0, 0.1) is 5.82 Å². The van der Waals surface area contributed by atoms with Gasteiger partial charge in [0.2, 0.25) is 0 Å². The summed E-state index contributed by atoms with van der Waals surface area (Å²) in [7, 11) is 0. The number of fused-ring (bicyclic) bond motifs is 1. The van der Waals surface area contributed by atoms with Crippen LogP contribution in [0.4, 0.5) is 4.39 Å². The molecule has 2 aromatic carbocycles. The molecule has 1 unspecified atom stereocenters. The number of rotatable bonds is 2. The van der Waals surface area contributed by atoms with Crippen LogP contribution in [-0.4, -0.2) is 10.7 Å². The van der Waals surface area contributed by atoms with Gasteiger partial charge in [0.1, 0.15) is 23.3 Å². The number of halogens is 2. The van der Waals surface area contributed by atoms with E-state index in [1.54, 1.807) is 18.2 Å². The van der Waals surface area contributed by atoms with Crippen LogP contribution in [0.5, 0.6) is 5.75 Å². The number of aliphatic hydroxyl groups excluding tert-OH is 1. The fourth-order valence-electron chi connectivity index (χ4n) is 2.71. The van der Waals surface area contributed by atoms with Gasteiger partial charge in [-0.05, 0) is 43.2 Å². The zero-order chi connectivity index (χ0) is 15.2. The summed E-state index contributed by atoms with van der Waals surface area (Å²) in [5, 5.41) is 10.4. The maximum absolute atomic E-state index is 14.0. The fraction of sp³-hybridized carbons (Fsp3) is 0.294. The summed E-state index contributed by atoms with van der Waals surface area (Å²) in [6, 6.07) is 10.1. The average Bonchev–Trinajstić information content (AvgIpc) is 2.73. The van der Waals surface area contributed by atoms with E-state index in [9.17, 15) is 9.50 Å². The van der Waals surface area contributed by atoms with Crippen LogP contribution in [-0.2, 0) is 6.42 Å². The second kappa shape index (κ2) is 5.00. The SMILES string of the molecule is CC1(C)Cc2cc(C(O)c3cccc(Cl)c3F)ccc2O1. The molecule has 21 heavy (non-hydrogen) atoms. The number of hydrogen-bond donors (Lipinski definition) is 1. The van der Waals surface area contributed by atoms with E-state index in [-0.39, 0.29) is 16.2 Å². The summed E-state index contributed by atoms with van der Waals surface area (Å²) in [5.74, 6) is 0.242. The van der Waals surface area contributed by atoms with Crippen molar-refractivity contribution in [2.75, 3.05) is 0 Å². The molecular weight excluding hydrogens is 291 g/mol. The molecule has 0 aromatic heterocycles. The molecule has 0 radical (unpaired) electrons. The van der Waals surface area contributed by atoms with Crippen LogP contribution in [0.25, 0.3) is 0 Å². The highest BCUT2D eigenvalue weighted by Crippen LogP contribution is 2.37. The first kappa shape index (κ1) is 14.4. The van der Waals surface area contributed by atoms with Gasteiger partial charge in [-0.15, -0.1) is 0 Å². The molecule has 0 saturated heterocycles. The molecule has 0 amide bonds. The Balaban J connectivity index is 1.97. The van der Waals surface area contributed by atoms with Gasteiger partial charge in [0.25, 0.3) is 0 Å². The molecule has 0 fully saturated rings. The Morgan fingerprint density at radius 2 is 2.05 bits per heavy atom. The summed E-state index contributed by atoms with van der Waals surface area (Å²) in [5.41, 5.74) is 1.60. The fourth-order valence-corrected chi connectivity index (χ4v) is 2.89. The van der Waals surface area contributed by atoms with Crippen molar-refractivity contribution in [2.45, 2.75) is 32.0 Å². The topological polar surface area (TPSA) is 29.5 Å². The third-order valence-corrected chi connectivity index (χ3v) is 3.97. The quantitative estimate of drug-likeness (QED) is 0.897. The van der Waals surface area contributed by atoms with Crippen molar-refractivity contribution in [1.82, 2.24) is 0 Å². The Bertz CT molecular complexity index is 697. The van der Waals surface area contributed by atoms with E-state index in [0.29, 0.717) is 5.56 Å². The Morgan fingerprint density at radius 3 is 2.81 bits per heavy atom. The zero-order valence-corrected chi connectivity index (χ0v) is 12.6. The lowest BCUT2D eigenvalue weighted by Crippen LogP contribution is -2.24. The molecule has 2 nitrogen and oxygen atoms in total. The maximum Gasteiger partial charge on any atom is 0.147 e. The monoisotopic (exact) mass is 306 g/mol. The van der Waals surface area contributed by atoms with E-state index in [1.165, 1.54) is 6.07 Å². The third kappa shape index (κ3) is 2.63. The highest BCUT2D eigenvalue weighted by molar-refractivity contribution is 6.30. The van der Waals surface area contributed by atoms with Crippen molar-refractivity contribution in [3.8, 4) is 5.75 Å². The lowest BCUT2D eigenvalue weighted by atomic mass is 9.96. The molecule has 0 bridgehead atoms. The van der Waals surface area contributed by atoms with Crippen LogP contribution in [0.1, 0.15) is 36.6 Å². The van der Waals surface area contributed by atoms with Crippen LogP contribution >= 0.6 is 11.6 Å². The molecule has 3 rings (SSSR count). The molecular formula is C17H16ClFO2. The van der Waals surface area contributed by atoms with Crippen LogP contribution in [0.2, 0.25) is 5.02 Å². The van der Waals surface area contributed by atoms with E-state index in [4.69, 9.17) is 16.3 Å². The van der Waals surface area contributed by atoms with Crippen LogP contribution in [0.15, 0.2) is 36.4 Å². The van der Waals surface area contributed by atoms with Gasteiger partial charge >= 0.3 is 0 Å². The molecule has 0 aliphatic carbocycles. The van der Waals surface area contributed by atoms with Gasteiger partial charge in [0.05, 0.1) is 5.02 Å². The standard InChI is InChI=1S/C17H16ClFO2/c1-17(2)9-11-8-10(6-7-14(11)21-17)16(20)12-4-3-5-13(18)15(12)19/h3-8,16,20H,9H2,1-2H3. The second-order valence-corrected chi connectivity index (χ2v) is 6.36. The van der Waals surface area contributed by atoms with Gasteiger partial charge in [-0.2, -0.15) is 0 Å². The van der Waals surface area contributed by atoms with Gasteiger partial charge in [-0.25, -0.2) is 4.39 Å². The highest BCUT2D eigenvalue weighted by atomic mass is 35.5. The minimum Gasteiger partial charge on any atom is -0.487 e. The highest BCUT2D eigenvalue weighted by Gasteiger charge is 2.30. The Morgan fingerprint density at radius 1 is 1.29 bits per heavy atom. The summed E-state index contributed by atoms with van der Waals surface area (Å²) in [6.45, 7) is 4.03. The molecule has 2 aromatic rings. The number of hydrogen-bond acceptors (Lipinski definition) is 2. The molecule has 1 aliphatic rings. The Labute approximate surface area is 128 Å². The molecule has 0 spiro atoms. The molecule has 0 saturated carbocycles. The maximum atomic E-state index is 14.0. The van der Waals surface area contributed by atoms with Crippen molar-refractivity contribution < 1.29 is 14.2 Å². The predicted octanol–water partition coefficient (Wildman–Crippen LogP) is 4.27. The first-order valence-corrected chi connectivity index (χ1v) is 7.19. The molecule has 1 atom stereocenters. The van der Waals surface area contributed by atoms with E-state index in [2.05, 4.69) is 0 Å². The van der Waals surface area contributed by atoms with E-state index in [0.717, 1.165) is 17.7 Å². The van der Waals surface area contributed by atoms with Crippen molar-refractivity contribution in [3.63, 3.8) is 0 Å². The largest absolute Gasteiger partial charge is 0.487 e. The minimum atomic E-state index is -1.04. The van der Waals surface area contributed by atoms with Gasteiger partial charge in [0.15, 0.2) is 0 Å². The third-order valence-electron chi connectivity index (χ3n) is 3.68. The number of benzene rings is 2. The summed E-state index contributed by atoms with van der Waals surface area (Å²) in [6.07, 6.45) is -0.279. The van der Waals surface area contributed by atoms with Crippen molar-refractivity contribution in [1.29, 1.82) is 0 Å². The zero-order valence-electron chi connectivity index (χ0n) is 11.9. The number of aliphatic hydroxyl groups is 1. The lowest BCUT2D eigenvalue weighted by molar-refractivity contribution is 0.138. The van der Waals surface area contributed by atoms with Gasteiger partial charge < -0.3 is 9.84 Å². The van der Waals surface area contributed by atoms with Crippen molar-refractivity contribution in [2.24, 2.45) is 0 Å². The van der Waals surface area contributed by atoms with Gasteiger partial charge in [0, 0.05) is 12.0 Å². The Kier molecular flexibility index (Phi) is 3.42. The first-order chi connectivity index (χ1) is 9.87. The molecule has 110 valence electrons. The summed E-state index contributed by atoms with van der Waals surface area (Å²) >= 11 is 5.77. The summed E-state index contributed by atoms with van der Waals surface area (Å²) in [4.78, 5) is 0. The first-order valence-electron chi connectivity index (χ1n) is 6.81. The lowest BCUT2D eigenvalue weighted by Gasteiger charge is -2.16. The van der Waals surface area contributed by atoms with E-state index >= 15 is 0 Å². The van der Waals surface area contributed by atoms with Crippen molar-refractivity contribution >= 4 is 11.6 Å². The Hall–Kier alpha value is -1.58. The van der Waals surface area contributed by atoms with Gasteiger partial charge in [-0.1, -0.05) is 29.8 Å². The van der Waals surface area contributed by atoms with Crippen molar-refractivity contribution in [3.05, 3.63) is 63.9 Å². The smallest absolute Gasteiger partial charge is 0.147 e. The van der Waals surface area contributed by atoms with Crippen LogP contribution in [0.3, 0.4) is 0 Å². The molecule has 1 N–H and O–H groups in total.